The van der Waals surface area contributed by atoms with Gasteiger partial charge in [0.05, 0.1) is 5.60 Å². The lowest BCUT2D eigenvalue weighted by Gasteiger charge is -2.38. The van der Waals surface area contributed by atoms with E-state index in [0.717, 1.165) is 31.4 Å². The average Bonchev–Trinajstić information content (AvgIpc) is 2.27. The van der Waals surface area contributed by atoms with Gasteiger partial charge < -0.3 is 10.0 Å². The molecule has 1 unspecified atom stereocenters. The van der Waals surface area contributed by atoms with Gasteiger partial charge in [-0.15, -0.1) is 0 Å². The van der Waals surface area contributed by atoms with Gasteiger partial charge in [-0.05, 0) is 31.9 Å². The standard InChI is InChI=1S/C13H17NO2/c1-13(16)7-4-8-14(10-13)12-6-3-2-5-11(12)9-15/h2-3,5-6,9,16H,4,7-8,10H2,1H3. The summed E-state index contributed by atoms with van der Waals surface area (Å²) >= 11 is 0. The molecular formula is C13H17NO2. The molecule has 1 aromatic carbocycles. The molecule has 1 aliphatic rings. The van der Waals surface area contributed by atoms with Crippen LogP contribution in [0.3, 0.4) is 0 Å². The Balaban J connectivity index is 2.26. The van der Waals surface area contributed by atoms with Crippen molar-refractivity contribution in [2.45, 2.75) is 25.4 Å². The predicted molar refractivity (Wildman–Crippen MR) is 63.9 cm³/mol. The molecule has 0 bridgehead atoms. The van der Waals surface area contributed by atoms with E-state index >= 15 is 0 Å². The number of rotatable bonds is 2. The highest BCUT2D eigenvalue weighted by molar-refractivity contribution is 5.84. The van der Waals surface area contributed by atoms with Crippen LogP contribution in [-0.2, 0) is 0 Å². The molecule has 86 valence electrons. The van der Waals surface area contributed by atoms with E-state index in [-0.39, 0.29) is 0 Å². The SMILES string of the molecule is CC1(O)CCCN(c2ccccc2C=O)C1. The highest BCUT2D eigenvalue weighted by atomic mass is 16.3. The third-order valence-corrected chi connectivity index (χ3v) is 3.08. The number of hydrogen-bond acceptors (Lipinski definition) is 3. The maximum absolute atomic E-state index is 10.9. The van der Waals surface area contributed by atoms with Crippen LogP contribution in [0.5, 0.6) is 0 Å². The molecule has 1 aliphatic heterocycles. The molecule has 0 aliphatic carbocycles. The zero-order valence-corrected chi connectivity index (χ0v) is 9.52. The first-order valence-electron chi connectivity index (χ1n) is 5.64. The van der Waals surface area contributed by atoms with Crippen molar-refractivity contribution >= 4 is 12.0 Å². The van der Waals surface area contributed by atoms with Crippen molar-refractivity contribution in [1.29, 1.82) is 0 Å². The van der Waals surface area contributed by atoms with Gasteiger partial charge in [-0.25, -0.2) is 0 Å². The van der Waals surface area contributed by atoms with Crippen LogP contribution in [0.15, 0.2) is 24.3 Å². The third kappa shape index (κ3) is 2.25. The summed E-state index contributed by atoms with van der Waals surface area (Å²) in [4.78, 5) is 13.0. The van der Waals surface area contributed by atoms with Crippen LogP contribution >= 0.6 is 0 Å². The number of hydrogen-bond donors (Lipinski definition) is 1. The van der Waals surface area contributed by atoms with Crippen LogP contribution in [0.2, 0.25) is 0 Å². The van der Waals surface area contributed by atoms with Gasteiger partial charge in [0.15, 0.2) is 6.29 Å². The van der Waals surface area contributed by atoms with E-state index in [1.807, 2.05) is 31.2 Å². The molecular weight excluding hydrogens is 202 g/mol. The molecule has 2 rings (SSSR count). The summed E-state index contributed by atoms with van der Waals surface area (Å²) < 4.78 is 0. The predicted octanol–water partition coefficient (Wildman–Crippen LogP) is 1.85. The Hall–Kier alpha value is -1.35. The highest BCUT2D eigenvalue weighted by Gasteiger charge is 2.29. The molecule has 3 nitrogen and oxygen atoms in total. The Morgan fingerprint density at radius 3 is 2.88 bits per heavy atom. The number of β-amino-alcohol motifs (C(OH)–C–C–N with tert-alkyl or cyclic N) is 1. The highest BCUT2D eigenvalue weighted by Crippen LogP contribution is 2.27. The van der Waals surface area contributed by atoms with E-state index in [2.05, 4.69) is 4.90 Å². The van der Waals surface area contributed by atoms with Crippen molar-refractivity contribution in [3.05, 3.63) is 29.8 Å². The second kappa shape index (κ2) is 4.26. The van der Waals surface area contributed by atoms with E-state index in [0.29, 0.717) is 12.1 Å². The van der Waals surface area contributed by atoms with Crippen LogP contribution in [-0.4, -0.2) is 30.1 Å². The van der Waals surface area contributed by atoms with Crippen molar-refractivity contribution in [1.82, 2.24) is 0 Å². The Bertz CT molecular complexity index is 387. The van der Waals surface area contributed by atoms with Crippen LogP contribution in [0.4, 0.5) is 5.69 Å². The van der Waals surface area contributed by atoms with Gasteiger partial charge >= 0.3 is 0 Å². The fourth-order valence-corrected chi connectivity index (χ4v) is 2.30. The van der Waals surface area contributed by atoms with Crippen LogP contribution in [0.1, 0.15) is 30.1 Å². The zero-order valence-electron chi connectivity index (χ0n) is 9.52. The Kier molecular flexibility index (Phi) is 2.97. The Morgan fingerprint density at radius 2 is 2.19 bits per heavy atom. The quantitative estimate of drug-likeness (QED) is 0.772. The van der Waals surface area contributed by atoms with Crippen molar-refractivity contribution < 1.29 is 9.90 Å². The summed E-state index contributed by atoms with van der Waals surface area (Å²) in [6, 6.07) is 7.53. The van der Waals surface area contributed by atoms with Crippen LogP contribution in [0.25, 0.3) is 0 Å². The molecule has 0 radical (unpaired) electrons. The van der Waals surface area contributed by atoms with Crippen molar-refractivity contribution in [3.63, 3.8) is 0 Å². The summed E-state index contributed by atoms with van der Waals surface area (Å²) in [6.07, 6.45) is 2.66. The second-order valence-electron chi connectivity index (χ2n) is 4.70. The topological polar surface area (TPSA) is 40.5 Å². The van der Waals surface area contributed by atoms with Gasteiger partial charge in [0.2, 0.25) is 0 Å². The van der Waals surface area contributed by atoms with Crippen molar-refractivity contribution in [2.75, 3.05) is 18.0 Å². The minimum atomic E-state index is -0.645. The summed E-state index contributed by atoms with van der Waals surface area (Å²) in [7, 11) is 0. The normalized spacial score (nSPS) is 25.5. The Labute approximate surface area is 95.7 Å². The fourth-order valence-electron chi connectivity index (χ4n) is 2.30. The van der Waals surface area contributed by atoms with Gasteiger partial charge in [-0.3, -0.25) is 4.79 Å². The lowest BCUT2D eigenvalue weighted by atomic mass is 9.94. The zero-order chi connectivity index (χ0) is 11.6. The number of piperidine rings is 1. The molecule has 1 saturated heterocycles. The molecule has 1 heterocycles. The summed E-state index contributed by atoms with van der Waals surface area (Å²) in [5.74, 6) is 0. The summed E-state index contributed by atoms with van der Waals surface area (Å²) in [6.45, 7) is 3.35. The number of carbonyl (C=O) groups excluding carboxylic acids is 1. The molecule has 0 spiro atoms. The fraction of sp³-hybridized carbons (Fsp3) is 0.462. The lowest BCUT2D eigenvalue weighted by Crippen LogP contribution is -2.46. The van der Waals surface area contributed by atoms with Gasteiger partial charge in [0, 0.05) is 24.3 Å². The number of aldehydes is 1. The first kappa shape index (κ1) is 11.1. The maximum Gasteiger partial charge on any atom is 0.152 e. The molecule has 1 atom stereocenters. The smallest absolute Gasteiger partial charge is 0.152 e. The van der Waals surface area contributed by atoms with E-state index in [4.69, 9.17) is 0 Å². The summed E-state index contributed by atoms with van der Waals surface area (Å²) in [5.41, 5.74) is 0.978. The molecule has 0 aromatic heterocycles. The monoisotopic (exact) mass is 219 g/mol. The first-order chi connectivity index (χ1) is 7.62. The van der Waals surface area contributed by atoms with Crippen molar-refractivity contribution in [3.8, 4) is 0 Å². The largest absolute Gasteiger partial charge is 0.388 e. The van der Waals surface area contributed by atoms with Crippen LogP contribution < -0.4 is 4.90 Å². The number of carbonyl (C=O) groups is 1. The van der Waals surface area contributed by atoms with Crippen LogP contribution in [0, 0.1) is 0 Å². The molecule has 3 heteroatoms. The number of anilines is 1. The third-order valence-electron chi connectivity index (χ3n) is 3.08. The van der Waals surface area contributed by atoms with Gasteiger partial charge in [0.25, 0.3) is 0 Å². The average molecular weight is 219 g/mol. The second-order valence-corrected chi connectivity index (χ2v) is 4.70. The number of benzene rings is 1. The molecule has 16 heavy (non-hydrogen) atoms. The minimum absolute atomic E-state index is 0.595. The van der Waals surface area contributed by atoms with Crippen molar-refractivity contribution in [2.24, 2.45) is 0 Å². The van der Waals surface area contributed by atoms with Gasteiger partial charge in [-0.2, -0.15) is 0 Å². The van der Waals surface area contributed by atoms with Gasteiger partial charge in [-0.1, -0.05) is 12.1 Å². The van der Waals surface area contributed by atoms with Gasteiger partial charge in [0.1, 0.15) is 0 Å². The minimum Gasteiger partial charge on any atom is -0.388 e. The molecule has 1 fully saturated rings. The van der Waals surface area contributed by atoms with E-state index in [1.54, 1.807) is 0 Å². The van der Waals surface area contributed by atoms with E-state index in [1.165, 1.54) is 0 Å². The maximum atomic E-state index is 10.9. The number of aliphatic hydroxyl groups is 1. The molecule has 1 N–H and O–H groups in total. The van der Waals surface area contributed by atoms with E-state index < -0.39 is 5.60 Å². The lowest BCUT2D eigenvalue weighted by molar-refractivity contribution is 0.0448. The number of nitrogens with zero attached hydrogens (tertiary/aromatic N) is 1. The molecule has 0 amide bonds. The first-order valence-corrected chi connectivity index (χ1v) is 5.64. The summed E-state index contributed by atoms with van der Waals surface area (Å²) in [5, 5.41) is 10.0. The Morgan fingerprint density at radius 1 is 1.44 bits per heavy atom. The molecule has 1 aromatic rings. The van der Waals surface area contributed by atoms with E-state index in [9.17, 15) is 9.90 Å². The molecule has 0 saturated carbocycles. The number of para-hydroxylation sites is 1.